The molecule has 1 aromatic rings. The predicted molar refractivity (Wildman–Crippen MR) is 70.9 cm³/mol. The summed E-state index contributed by atoms with van der Waals surface area (Å²) in [5.41, 5.74) is 0.825. The number of nitrogens with zero attached hydrogens (tertiary/aromatic N) is 1. The van der Waals surface area contributed by atoms with Gasteiger partial charge in [-0.15, -0.1) is 0 Å². The second-order valence-electron chi connectivity index (χ2n) is 4.00. The van der Waals surface area contributed by atoms with E-state index in [1.54, 1.807) is 17.0 Å². The Bertz CT molecular complexity index is 423. The van der Waals surface area contributed by atoms with Crippen molar-refractivity contribution in [2.75, 3.05) is 24.5 Å². The van der Waals surface area contributed by atoms with Crippen LogP contribution in [0.1, 0.15) is 12.8 Å². The number of hydrogen-bond donors (Lipinski definition) is 1. The van der Waals surface area contributed by atoms with E-state index < -0.39 is 0 Å². The third kappa shape index (κ3) is 3.12. The topological polar surface area (TPSA) is 32.3 Å². The quantitative estimate of drug-likeness (QED) is 0.853. The summed E-state index contributed by atoms with van der Waals surface area (Å²) in [6.45, 7) is 2.38. The molecule has 92 valence electrons. The number of amides is 1. The molecule has 0 aliphatic carbocycles. The third-order valence-corrected chi connectivity index (χ3v) is 3.51. The summed E-state index contributed by atoms with van der Waals surface area (Å²) in [6, 6.07) is 5.31. The lowest BCUT2D eigenvalue weighted by atomic mass is 10.2. The summed E-state index contributed by atoms with van der Waals surface area (Å²) in [5, 5.41) is 4.21. The maximum Gasteiger partial charge on any atom is 0.228 e. The van der Waals surface area contributed by atoms with E-state index in [1.165, 1.54) is 0 Å². The number of rotatable bonds is 1. The highest BCUT2D eigenvalue weighted by Gasteiger charge is 2.17. The van der Waals surface area contributed by atoms with Gasteiger partial charge >= 0.3 is 0 Å². The molecule has 0 unspecified atom stereocenters. The monoisotopic (exact) mass is 272 g/mol. The highest BCUT2D eigenvalue weighted by Crippen LogP contribution is 2.27. The molecule has 0 spiro atoms. The molecule has 1 amide bonds. The van der Waals surface area contributed by atoms with Gasteiger partial charge < -0.3 is 10.2 Å². The average Bonchev–Trinajstić information content (AvgIpc) is 2.28. The van der Waals surface area contributed by atoms with Gasteiger partial charge in [-0.2, -0.15) is 0 Å². The summed E-state index contributed by atoms with van der Waals surface area (Å²) in [6.07, 6.45) is 1.45. The molecule has 1 fully saturated rings. The molecule has 0 aromatic heterocycles. The van der Waals surface area contributed by atoms with Crippen molar-refractivity contribution in [2.24, 2.45) is 0 Å². The summed E-state index contributed by atoms with van der Waals surface area (Å²) < 4.78 is 0. The average molecular weight is 273 g/mol. The first-order chi connectivity index (χ1) is 8.18. The number of carbonyl (C=O) groups excluding carboxylic acids is 1. The number of hydrogen-bond acceptors (Lipinski definition) is 2. The molecular weight excluding hydrogens is 259 g/mol. The molecule has 1 heterocycles. The largest absolute Gasteiger partial charge is 0.316 e. The first-order valence-corrected chi connectivity index (χ1v) is 6.40. The molecule has 3 nitrogen and oxygen atoms in total. The molecule has 1 aliphatic rings. The Balaban J connectivity index is 2.22. The second-order valence-corrected chi connectivity index (χ2v) is 4.81. The van der Waals surface area contributed by atoms with Crippen LogP contribution >= 0.6 is 23.2 Å². The van der Waals surface area contributed by atoms with Crippen molar-refractivity contribution in [3.63, 3.8) is 0 Å². The first kappa shape index (κ1) is 12.7. The van der Waals surface area contributed by atoms with E-state index in [-0.39, 0.29) is 5.91 Å². The SMILES string of the molecule is O=C1CCNCCCN1c1ccc(Cl)c(Cl)c1. The highest BCUT2D eigenvalue weighted by atomic mass is 35.5. The summed E-state index contributed by atoms with van der Waals surface area (Å²) >= 11 is 11.8. The van der Waals surface area contributed by atoms with Crippen molar-refractivity contribution in [1.29, 1.82) is 0 Å². The zero-order chi connectivity index (χ0) is 12.3. The van der Waals surface area contributed by atoms with E-state index in [2.05, 4.69) is 5.32 Å². The molecule has 1 aromatic carbocycles. The molecular formula is C12H14Cl2N2O. The van der Waals surface area contributed by atoms with Gasteiger partial charge in [0.05, 0.1) is 10.0 Å². The van der Waals surface area contributed by atoms with Gasteiger partial charge in [0.15, 0.2) is 0 Å². The Kier molecular flexibility index (Phi) is 4.26. The van der Waals surface area contributed by atoms with Crippen molar-refractivity contribution in [3.8, 4) is 0 Å². The van der Waals surface area contributed by atoms with Crippen LogP contribution in [-0.4, -0.2) is 25.5 Å². The Hall–Kier alpha value is -0.770. The Morgan fingerprint density at radius 1 is 1.18 bits per heavy atom. The molecule has 1 saturated heterocycles. The van der Waals surface area contributed by atoms with Crippen LogP contribution in [0.5, 0.6) is 0 Å². The smallest absolute Gasteiger partial charge is 0.228 e. The van der Waals surface area contributed by atoms with E-state index in [0.29, 0.717) is 23.0 Å². The zero-order valence-corrected chi connectivity index (χ0v) is 10.9. The summed E-state index contributed by atoms with van der Waals surface area (Å²) in [7, 11) is 0. The van der Waals surface area contributed by atoms with E-state index in [9.17, 15) is 4.79 Å². The minimum atomic E-state index is 0.121. The van der Waals surface area contributed by atoms with Crippen LogP contribution in [0.25, 0.3) is 0 Å². The molecule has 5 heteroatoms. The molecule has 2 rings (SSSR count). The van der Waals surface area contributed by atoms with Gasteiger partial charge in [-0.1, -0.05) is 23.2 Å². The van der Waals surface area contributed by atoms with Crippen molar-refractivity contribution in [2.45, 2.75) is 12.8 Å². The van der Waals surface area contributed by atoms with Gasteiger partial charge in [0.1, 0.15) is 0 Å². The fourth-order valence-electron chi connectivity index (χ4n) is 1.87. The number of halogens is 2. The molecule has 17 heavy (non-hydrogen) atoms. The summed E-state index contributed by atoms with van der Waals surface area (Å²) in [5.74, 6) is 0.121. The third-order valence-electron chi connectivity index (χ3n) is 2.77. The molecule has 0 saturated carbocycles. The lowest BCUT2D eigenvalue weighted by molar-refractivity contribution is -0.118. The minimum Gasteiger partial charge on any atom is -0.316 e. The molecule has 0 bridgehead atoms. The number of anilines is 1. The van der Waals surface area contributed by atoms with Crippen LogP contribution in [0.3, 0.4) is 0 Å². The normalized spacial score (nSPS) is 17.8. The van der Waals surface area contributed by atoms with Crippen LogP contribution < -0.4 is 10.2 Å². The maximum atomic E-state index is 12.0. The Morgan fingerprint density at radius 3 is 2.76 bits per heavy atom. The van der Waals surface area contributed by atoms with Crippen LogP contribution in [0.2, 0.25) is 10.0 Å². The van der Waals surface area contributed by atoms with E-state index in [4.69, 9.17) is 23.2 Å². The lowest BCUT2D eigenvalue weighted by Gasteiger charge is -2.25. The maximum absolute atomic E-state index is 12.0. The van der Waals surface area contributed by atoms with Crippen molar-refractivity contribution in [3.05, 3.63) is 28.2 Å². The summed E-state index contributed by atoms with van der Waals surface area (Å²) in [4.78, 5) is 13.8. The van der Waals surface area contributed by atoms with Crippen LogP contribution in [-0.2, 0) is 4.79 Å². The molecule has 1 aliphatic heterocycles. The number of carbonyl (C=O) groups is 1. The first-order valence-electron chi connectivity index (χ1n) is 5.64. The van der Waals surface area contributed by atoms with Gasteiger partial charge in [-0.3, -0.25) is 4.79 Å². The molecule has 0 radical (unpaired) electrons. The van der Waals surface area contributed by atoms with Crippen molar-refractivity contribution < 1.29 is 4.79 Å². The fraction of sp³-hybridized carbons (Fsp3) is 0.417. The van der Waals surface area contributed by atoms with Crippen molar-refractivity contribution >= 4 is 34.8 Å². The number of benzene rings is 1. The predicted octanol–water partition coefficient (Wildman–Crippen LogP) is 2.71. The number of nitrogens with one attached hydrogen (secondary N) is 1. The lowest BCUT2D eigenvalue weighted by Crippen LogP contribution is -2.38. The van der Waals surface area contributed by atoms with Crippen LogP contribution in [0.4, 0.5) is 5.69 Å². The van der Waals surface area contributed by atoms with Gasteiger partial charge in [0.25, 0.3) is 0 Å². The van der Waals surface area contributed by atoms with Crippen molar-refractivity contribution in [1.82, 2.24) is 5.32 Å². The van der Waals surface area contributed by atoms with Gasteiger partial charge in [-0.05, 0) is 31.2 Å². The van der Waals surface area contributed by atoms with Gasteiger partial charge in [0, 0.05) is 25.2 Å². The standard InChI is InChI=1S/C12H14Cl2N2O/c13-10-3-2-9(8-11(10)14)16-7-1-5-15-6-4-12(16)17/h2-3,8,15H,1,4-7H2. The minimum absolute atomic E-state index is 0.121. The van der Waals surface area contributed by atoms with Gasteiger partial charge in [0.2, 0.25) is 5.91 Å². The highest BCUT2D eigenvalue weighted by molar-refractivity contribution is 6.42. The van der Waals surface area contributed by atoms with Crippen LogP contribution in [0.15, 0.2) is 18.2 Å². The zero-order valence-electron chi connectivity index (χ0n) is 9.38. The van der Waals surface area contributed by atoms with Gasteiger partial charge in [-0.25, -0.2) is 0 Å². The van der Waals surface area contributed by atoms with Crippen LogP contribution in [0, 0.1) is 0 Å². The van der Waals surface area contributed by atoms with E-state index in [0.717, 1.165) is 25.2 Å². The van der Waals surface area contributed by atoms with E-state index >= 15 is 0 Å². The Morgan fingerprint density at radius 2 is 2.00 bits per heavy atom. The Labute approximate surface area is 111 Å². The molecule has 0 atom stereocenters. The molecule has 1 N–H and O–H groups in total. The second kappa shape index (κ2) is 5.71. The van der Waals surface area contributed by atoms with E-state index in [1.807, 2.05) is 6.07 Å². The fourth-order valence-corrected chi connectivity index (χ4v) is 2.16.